The largest absolute Gasteiger partial charge is 0.481 e. The molecule has 0 saturated carbocycles. The molecular weight excluding hydrogens is 278 g/mol. The van der Waals surface area contributed by atoms with Crippen LogP contribution in [0.1, 0.15) is 30.7 Å². The van der Waals surface area contributed by atoms with Gasteiger partial charge in [0.25, 0.3) is 0 Å². The van der Waals surface area contributed by atoms with E-state index in [1.807, 2.05) is 24.4 Å². The van der Waals surface area contributed by atoms with Gasteiger partial charge in [-0.05, 0) is 18.4 Å². The summed E-state index contributed by atoms with van der Waals surface area (Å²) in [5, 5.41) is 17.5. The van der Waals surface area contributed by atoms with E-state index in [-0.39, 0.29) is 24.8 Å². The maximum absolute atomic E-state index is 11.7. The number of amides is 1. The van der Waals surface area contributed by atoms with Gasteiger partial charge < -0.3 is 10.4 Å². The van der Waals surface area contributed by atoms with Crippen LogP contribution in [-0.4, -0.2) is 26.8 Å². The lowest BCUT2D eigenvalue weighted by atomic mass is 10.3. The average Bonchev–Trinajstić information content (AvgIpc) is 3.06. The first kappa shape index (κ1) is 14.3. The summed E-state index contributed by atoms with van der Waals surface area (Å²) in [6.45, 7) is 1.99. The van der Waals surface area contributed by atoms with Crippen LogP contribution in [0.2, 0.25) is 0 Å². The molecule has 0 radical (unpaired) electrons. The highest BCUT2D eigenvalue weighted by Gasteiger charge is 2.15. The first-order valence-electron chi connectivity index (χ1n) is 6.16. The Kier molecular flexibility index (Phi) is 4.52. The van der Waals surface area contributed by atoms with Crippen LogP contribution in [0, 0.1) is 0 Å². The minimum Gasteiger partial charge on any atom is -0.481 e. The molecule has 2 heterocycles. The van der Waals surface area contributed by atoms with Gasteiger partial charge in [0.1, 0.15) is 5.82 Å². The molecule has 0 bridgehead atoms. The summed E-state index contributed by atoms with van der Waals surface area (Å²) < 4.78 is 1.71. The van der Waals surface area contributed by atoms with Crippen molar-refractivity contribution in [2.75, 3.05) is 5.32 Å². The summed E-state index contributed by atoms with van der Waals surface area (Å²) in [5.74, 6) is -0.741. The van der Waals surface area contributed by atoms with Crippen LogP contribution >= 0.6 is 11.3 Å². The Hall–Kier alpha value is -2.15. The van der Waals surface area contributed by atoms with Crippen molar-refractivity contribution in [2.45, 2.75) is 25.8 Å². The fourth-order valence-corrected chi connectivity index (χ4v) is 2.57. The molecule has 1 atom stereocenters. The maximum atomic E-state index is 11.7. The second-order valence-corrected chi connectivity index (χ2v) is 5.27. The fraction of sp³-hybridized carbons (Fsp3) is 0.308. The van der Waals surface area contributed by atoms with E-state index >= 15 is 0 Å². The van der Waals surface area contributed by atoms with Gasteiger partial charge in [-0.2, -0.15) is 5.10 Å². The van der Waals surface area contributed by atoms with Crippen LogP contribution < -0.4 is 5.32 Å². The minimum atomic E-state index is -0.986. The fourth-order valence-electron chi connectivity index (χ4n) is 1.80. The summed E-state index contributed by atoms with van der Waals surface area (Å²) in [6.07, 6.45) is 1.38. The standard InChI is InChI=1S/C13H15N3O3S/c1-9(10-3-2-8-20-10)16-11(6-7-14-16)15-12(17)4-5-13(18)19/h2-3,6-9H,4-5H2,1H3,(H,15,17)(H,18,19)/t9-/m0/s1. The number of carbonyl (C=O) groups is 2. The van der Waals surface area contributed by atoms with Crippen LogP contribution in [0.15, 0.2) is 29.8 Å². The van der Waals surface area contributed by atoms with Gasteiger partial charge in [-0.25, -0.2) is 4.68 Å². The Morgan fingerprint density at radius 1 is 1.45 bits per heavy atom. The number of rotatable bonds is 6. The van der Waals surface area contributed by atoms with Gasteiger partial charge in [-0.15, -0.1) is 11.3 Å². The molecule has 0 aliphatic rings. The van der Waals surface area contributed by atoms with Gasteiger partial charge in [0.05, 0.1) is 18.7 Å². The molecule has 2 N–H and O–H groups in total. The Balaban J connectivity index is 2.05. The van der Waals surface area contributed by atoms with Gasteiger partial charge in [0.2, 0.25) is 5.91 Å². The van der Waals surface area contributed by atoms with Crippen molar-refractivity contribution in [3.05, 3.63) is 34.7 Å². The maximum Gasteiger partial charge on any atom is 0.303 e. The first-order chi connectivity index (χ1) is 9.58. The number of hydrogen-bond donors (Lipinski definition) is 2. The molecule has 1 amide bonds. The van der Waals surface area contributed by atoms with Crippen molar-refractivity contribution in [3.8, 4) is 0 Å². The van der Waals surface area contributed by atoms with Crippen LogP contribution in [0.4, 0.5) is 5.82 Å². The van der Waals surface area contributed by atoms with Crippen LogP contribution in [0.5, 0.6) is 0 Å². The third kappa shape index (κ3) is 3.45. The molecule has 20 heavy (non-hydrogen) atoms. The van der Waals surface area contributed by atoms with Gasteiger partial charge >= 0.3 is 5.97 Å². The summed E-state index contributed by atoms with van der Waals surface area (Å²) in [7, 11) is 0. The van der Waals surface area contributed by atoms with Crippen LogP contribution in [0.3, 0.4) is 0 Å². The number of carboxylic acids is 1. The summed E-state index contributed by atoms with van der Waals surface area (Å²) in [4.78, 5) is 23.2. The highest BCUT2D eigenvalue weighted by Crippen LogP contribution is 2.25. The highest BCUT2D eigenvalue weighted by atomic mass is 32.1. The molecule has 2 aromatic heterocycles. The smallest absolute Gasteiger partial charge is 0.303 e. The van der Waals surface area contributed by atoms with E-state index in [2.05, 4.69) is 10.4 Å². The SMILES string of the molecule is C[C@@H](c1cccs1)n1nccc1NC(=O)CCC(=O)O. The van der Waals surface area contributed by atoms with E-state index in [0.29, 0.717) is 5.82 Å². The predicted octanol–water partition coefficient (Wildman–Crippen LogP) is 2.36. The third-order valence-corrected chi connectivity index (χ3v) is 3.87. The zero-order valence-corrected chi connectivity index (χ0v) is 11.8. The van der Waals surface area contributed by atoms with Crippen molar-refractivity contribution in [1.29, 1.82) is 0 Å². The Bertz CT molecular complexity index is 592. The normalized spacial score (nSPS) is 12.1. The molecule has 0 aliphatic carbocycles. The van der Waals surface area contributed by atoms with Crippen LogP contribution in [0.25, 0.3) is 0 Å². The number of hydrogen-bond acceptors (Lipinski definition) is 4. The zero-order valence-electron chi connectivity index (χ0n) is 10.9. The molecule has 0 spiro atoms. The van der Waals surface area contributed by atoms with E-state index in [0.717, 1.165) is 4.88 Å². The van der Waals surface area contributed by atoms with Crippen molar-refractivity contribution in [2.24, 2.45) is 0 Å². The molecule has 106 valence electrons. The summed E-state index contributed by atoms with van der Waals surface area (Å²) in [6, 6.07) is 5.68. The molecule has 0 fully saturated rings. The molecule has 2 rings (SSSR count). The Labute approximate surface area is 120 Å². The zero-order chi connectivity index (χ0) is 14.5. The number of carboxylic acid groups (broad SMARTS) is 1. The lowest BCUT2D eigenvalue weighted by Gasteiger charge is -2.14. The number of aromatic nitrogens is 2. The lowest BCUT2D eigenvalue weighted by molar-refractivity contribution is -0.138. The Morgan fingerprint density at radius 2 is 2.25 bits per heavy atom. The highest BCUT2D eigenvalue weighted by molar-refractivity contribution is 7.10. The second-order valence-electron chi connectivity index (χ2n) is 4.29. The van der Waals surface area contributed by atoms with Crippen LogP contribution in [-0.2, 0) is 9.59 Å². The van der Waals surface area contributed by atoms with Crippen molar-refractivity contribution < 1.29 is 14.7 Å². The van der Waals surface area contributed by atoms with Crippen molar-refractivity contribution in [1.82, 2.24) is 9.78 Å². The minimum absolute atomic E-state index is 0.0137. The molecule has 6 nitrogen and oxygen atoms in total. The molecule has 0 unspecified atom stereocenters. The Morgan fingerprint density at radius 3 is 2.90 bits per heavy atom. The molecule has 0 aromatic carbocycles. The molecular formula is C13H15N3O3S. The molecule has 7 heteroatoms. The van der Waals surface area contributed by atoms with Crippen molar-refractivity contribution >= 4 is 29.0 Å². The van der Waals surface area contributed by atoms with Gasteiger partial charge in [0, 0.05) is 17.4 Å². The van der Waals surface area contributed by atoms with E-state index in [4.69, 9.17) is 5.11 Å². The molecule has 2 aromatic rings. The van der Waals surface area contributed by atoms with E-state index in [1.165, 1.54) is 0 Å². The number of aliphatic carboxylic acids is 1. The van der Waals surface area contributed by atoms with Gasteiger partial charge in [0.15, 0.2) is 0 Å². The summed E-state index contributed by atoms with van der Waals surface area (Å²) >= 11 is 1.62. The van der Waals surface area contributed by atoms with E-state index in [1.54, 1.807) is 28.3 Å². The monoisotopic (exact) mass is 293 g/mol. The first-order valence-corrected chi connectivity index (χ1v) is 7.04. The average molecular weight is 293 g/mol. The van der Waals surface area contributed by atoms with Crippen molar-refractivity contribution in [3.63, 3.8) is 0 Å². The second kappa shape index (κ2) is 6.33. The predicted molar refractivity (Wildman–Crippen MR) is 75.9 cm³/mol. The topological polar surface area (TPSA) is 84.2 Å². The number of anilines is 1. The van der Waals surface area contributed by atoms with E-state index < -0.39 is 5.97 Å². The quantitative estimate of drug-likeness (QED) is 0.856. The molecule has 0 saturated heterocycles. The third-order valence-electron chi connectivity index (χ3n) is 2.83. The van der Waals surface area contributed by atoms with Gasteiger partial charge in [-0.1, -0.05) is 6.07 Å². The number of nitrogens with zero attached hydrogens (tertiary/aromatic N) is 2. The summed E-state index contributed by atoms with van der Waals surface area (Å²) in [5.41, 5.74) is 0. The van der Waals surface area contributed by atoms with Gasteiger partial charge in [-0.3, -0.25) is 9.59 Å². The lowest BCUT2D eigenvalue weighted by Crippen LogP contribution is -2.18. The number of thiophene rings is 1. The number of carbonyl (C=O) groups excluding carboxylic acids is 1. The molecule has 0 aliphatic heterocycles. The van der Waals surface area contributed by atoms with E-state index in [9.17, 15) is 9.59 Å². The number of nitrogens with one attached hydrogen (secondary N) is 1.